The second kappa shape index (κ2) is 5.34. The fourth-order valence-corrected chi connectivity index (χ4v) is 1.79. The van der Waals surface area contributed by atoms with Gasteiger partial charge in [0.2, 0.25) is 0 Å². The van der Waals surface area contributed by atoms with Crippen LogP contribution in [-0.2, 0) is 9.53 Å². The molecule has 3 nitrogen and oxygen atoms in total. The first-order chi connectivity index (χ1) is 7.49. The van der Waals surface area contributed by atoms with Crippen molar-refractivity contribution in [1.29, 1.82) is 0 Å². The van der Waals surface area contributed by atoms with Crippen LogP contribution in [0.4, 0.5) is 0 Å². The summed E-state index contributed by atoms with van der Waals surface area (Å²) in [6.07, 6.45) is -1.27. The first kappa shape index (κ1) is 13.0. The quantitative estimate of drug-likeness (QED) is 0.672. The molecule has 0 aromatic heterocycles. The van der Waals surface area contributed by atoms with E-state index < -0.39 is 12.1 Å². The minimum atomic E-state index is -1.27. The van der Waals surface area contributed by atoms with Crippen LogP contribution in [0.25, 0.3) is 0 Å². The average molecular weight is 261 g/mol. The van der Waals surface area contributed by atoms with Gasteiger partial charge in [0.15, 0.2) is 0 Å². The van der Waals surface area contributed by atoms with Crippen LogP contribution in [-0.4, -0.2) is 18.2 Å². The van der Waals surface area contributed by atoms with Gasteiger partial charge in [-0.2, -0.15) is 0 Å². The molecule has 5 heteroatoms. The molecule has 86 valence electrons. The van der Waals surface area contributed by atoms with Gasteiger partial charge in [-0.1, -0.05) is 35.8 Å². The second-order valence-corrected chi connectivity index (χ2v) is 3.87. The highest BCUT2D eigenvalue weighted by molar-refractivity contribution is 6.36. The molecule has 0 radical (unpaired) electrons. The van der Waals surface area contributed by atoms with Crippen molar-refractivity contribution in [1.82, 2.24) is 0 Å². The Morgan fingerprint density at radius 1 is 1.44 bits per heavy atom. The number of esters is 1. The molecule has 1 rings (SSSR count). The molecule has 0 spiro atoms. The summed E-state index contributed by atoms with van der Waals surface area (Å²) in [7, 11) is 1.20. The Morgan fingerprint density at radius 3 is 2.38 bits per heavy atom. The number of ether oxygens (including phenoxy) is 1. The molecule has 0 heterocycles. The molecule has 0 amide bonds. The minimum Gasteiger partial charge on any atom is -0.466 e. The van der Waals surface area contributed by atoms with Gasteiger partial charge in [-0.3, -0.25) is 0 Å². The Hall–Kier alpha value is -1.03. The van der Waals surface area contributed by atoms with Crippen LogP contribution in [0.5, 0.6) is 0 Å². The van der Waals surface area contributed by atoms with E-state index >= 15 is 0 Å². The van der Waals surface area contributed by atoms with Gasteiger partial charge in [0.05, 0.1) is 12.7 Å². The van der Waals surface area contributed by atoms with E-state index in [0.717, 1.165) is 0 Å². The molecule has 16 heavy (non-hydrogen) atoms. The minimum absolute atomic E-state index is 0.113. The van der Waals surface area contributed by atoms with Crippen LogP contribution in [0.2, 0.25) is 10.0 Å². The van der Waals surface area contributed by atoms with E-state index in [1.54, 1.807) is 18.2 Å². The molecule has 0 saturated carbocycles. The fraction of sp³-hybridized carbons (Fsp3) is 0.182. The van der Waals surface area contributed by atoms with Gasteiger partial charge >= 0.3 is 5.97 Å². The van der Waals surface area contributed by atoms with Gasteiger partial charge in [0, 0.05) is 15.6 Å². The second-order valence-electron chi connectivity index (χ2n) is 3.05. The molecule has 0 fully saturated rings. The summed E-state index contributed by atoms with van der Waals surface area (Å²) in [6, 6.07) is 4.77. The third-order valence-corrected chi connectivity index (χ3v) is 2.71. The predicted molar refractivity (Wildman–Crippen MR) is 62.6 cm³/mol. The van der Waals surface area contributed by atoms with E-state index in [1.807, 2.05) is 0 Å². The van der Waals surface area contributed by atoms with E-state index in [2.05, 4.69) is 11.3 Å². The predicted octanol–water partition coefficient (Wildman–Crippen LogP) is 2.76. The summed E-state index contributed by atoms with van der Waals surface area (Å²) in [5, 5.41) is 10.4. The lowest BCUT2D eigenvalue weighted by Gasteiger charge is -2.15. The molecule has 0 aliphatic heterocycles. The molecule has 0 unspecified atom stereocenters. The summed E-state index contributed by atoms with van der Waals surface area (Å²) in [5.74, 6) is -0.705. The van der Waals surface area contributed by atoms with Crippen LogP contribution in [0, 0.1) is 0 Å². The van der Waals surface area contributed by atoms with Crippen molar-refractivity contribution in [3.63, 3.8) is 0 Å². The lowest BCUT2D eigenvalue weighted by atomic mass is 10.0. The van der Waals surface area contributed by atoms with Crippen LogP contribution in [0.1, 0.15) is 11.7 Å². The number of carbonyl (C=O) groups is 1. The van der Waals surface area contributed by atoms with Crippen molar-refractivity contribution < 1.29 is 14.6 Å². The maximum atomic E-state index is 11.2. The van der Waals surface area contributed by atoms with Gasteiger partial charge in [-0.15, -0.1) is 0 Å². The lowest BCUT2D eigenvalue weighted by Crippen LogP contribution is -2.12. The SMILES string of the molecule is C=C(C(=O)OC)[C@H](O)c1c(Cl)cccc1Cl. The third-order valence-electron chi connectivity index (χ3n) is 2.05. The fourth-order valence-electron chi connectivity index (χ4n) is 1.19. The van der Waals surface area contributed by atoms with Crippen molar-refractivity contribution in [3.05, 3.63) is 46.0 Å². The van der Waals surface area contributed by atoms with E-state index in [4.69, 9.17) is 23.2 Å². The molecule has 1 aromatic carbocycles. The molecule has 1 N–H and O–H groups in total. The number of halogens is 2. The van der Waals surface area contributed by atoms with Crippen molar-refractivity contribution in [2.24, 2.45) is 0 Å². The number of aliphatic hydroxyl groups excluding tert-OH is 1. The summed E-state index contributed by atoms with van der Waals surface area (Å²) < 4.78 is 4.45. The number of rotatable bonds is 3. The van der Waals surface area contributed by atoms with E-state index in [9.17, 15) is 9.90 Å². The average Bonchev–Trinajstić information content (AvgIpc) is 2.26. The van der Waals surface area contributed by atoms with Crippen molar-refractivity contribution in [2.45, 2.75) is 6.10 Å². The molecule has 0 saturated heterocycles. The maximum Gasteiger partial charge on any atom is 0.336 e. The Balaban J connectivity index is 3.10. The molecule has 0 bridgehead atoms. The highest BCUT2D eigenvalue weighted by atomic mass is 35.5. The maximum absolute atomic E-state index is 11.2. The summed E-state index contributed by atoms with van der Waals surface area (Å²) in [5.41, 5.74) is 0.138. The Kier molecular flexibility index (Phi) is 4.35. The van der Waals surface area contributed by atoms with E-state index in [0.29, 0.717) is 0 Å². The number of hydrogen-bond acceptors (Lipinski definition) is 3. The number of methoxy groups -OCH3 is 1. The topological polar surface area (TPSA) is 46.5 Å². The first-order valence-corrected chi connectivity index (χ1v) is 5.13. The number of aliphatic hydroxyl groups is 1. The Bertz CT molecular complexity index is 409. The smallest absolute Gasteiger partial charge is 0.336 e. The van der Waals surface area contributed by atoms with Crippen LogP contribution >= 0.6 is 23.2 Å². The summed E-state index contributed by atoms with van der Waals surface area (Å²) >= 11 is 11.8. The van der Waals surface area contributed by atoms with Gasteiger partial charge in [0.25, 0.3) is 0 Å². The Labute approximate surface area is 103 Å². The van der Waals surface area contributed by atoms with Crippen molar-refractivity contribution in [2.75, 3.05) is 7.11 Å². The number of hydrogen-bond donors (Lipinski definition) is 1. The zero-order valence-corrected chi connectivity index (χ0v) is 10.0. The summed E-state index contributed by atoms with van der Waals surface area (Å²) in [4.78, 5) is 11.2. The molecular formula is C11H10Cl2O3. The van der Waals surface area contributed by atoms with Crippen LogP contribution < -0.4 is 0 Å². The highest BCUT2D eigenvalue weighted by Gasteiger charge is 2.23. The molecule has 1 atom stereocenters. The number of benzene rings is 1. The van der Waals surface area contributed by atoms with Crippen LogP contribution in [0.15, 0.2) is 30.4 Å². The molecule has 0 aliphatic rings. The van der Waals surface area contributed by atoms with Crippen molar-refractivity contribution in [3.8, 4) is 0 Å². The van der Waals surface area contributed by atoms with Gasteiger partial charge < -0.3 is 9.84 Å². The van der Waals surface area contributed by atoms with Crippen molar-refractivity contribution >= 4 is 29.2 Å². The molecule has 0 aliphatic carbocycles. The lowest BCUT2D eigenvalue weighted by molar-refractivity contribution is -0.137. The normalized spacial score (nSPS) is 12.0. The van der Waals surface area contributed by atoms with Gasteiger partial charge in [-0.25, -0.2) is 4.79 Å². The monoisotopic (exact) mass is 260 g/mol. The first-order valence-electron chi connectivity index (χ1n) is 4.38. The largest absolute Gasteiger partial charge is 0.466 e. The Morgan fingerprint density at radius 2 is 1.94 bits per heavy atom. The number of carbonyl (C=O) groups excluding carboxylic acids is 1. The van der Waals surface area contributed by atoms with E-state index in [1.165, 1.54) is 7.11 Å². The molecular weight excluding hydrogens is 251 g/mol. The van der Waals surface area contributed by atoms with Gasteiger partial charge in [0.1, 0.15) is 6.10 Å². The third kappa shape index (κ3) is 2.55. The van der Waals surface area contributed by atoms with E-state index in [-0.39, 0.29) is 21.2 Å². The van der Waals surface area contributed by atoms with Crippen LogP contribution in [0.3, 0.4) is 0 Å². The standard InChI is InChI=1S/C11H10Cl2O3/c1-6(11(15)16-2)10(14)9-7(12)4-3-5-8(9)13/h3-5,10,14H,1H2,2H3/t10-/m0/s1. The zero-order valence-electron chi connectivity index (χ0n) is 8.54. The summed E-state index contributed by atoms with van der Waals surface area (Å²) in [6.45, 7) is 3.44. The zero-order chi connectivity index (χ0) is 12.3. The van der Waals surface area contributed by atoms with Gasteiger partial charge in [-0.05, 0) is 12.1 Å². The molecule has 1 aromatic rings. The highest BCUT2D eigenvalue weighted by Crippen LogP contribution is 2.33.